The Kier molecular flexibility index (Phi) is 3.99. The number of nitro groups is 1. The lowest BCUT2D eigenvalue weighted by molar-refractivity contribution is -0.383. The van der Waals surface area contributed by atoms with Crippen molar-refractivity contribution in [1.29, 1.82) is 0 Å². The number of rotatable bonds is 3. The van der Waals surface area contributed by atoms with E-state index in [0.29, 0.717) is 11.3 Å². The van der Waals surface area contributed by atoms with Gasteiger partial charge in [0.2, 0.25) is 0 Å². The molecule has 1 amide bonds. The minimum Gasteiger partial charge on any atom is -0.488 e. The summed E-state index contributed by atoms with van der Waals surface area (Å²) in [5.74, 6) is 0.242. The Bertz CT molecular complexity index is 833. The molecule has 0 unspecified atom stereocenters. The van der Waals surface area contributed by atoms with Crippen LogP contribution in [0.4, 0.5) is 11.4 Å². The fourth-order valence-corrected chi connectivity index (χ4v) is 2.38. The van der Waals surface area contributed by atoms with E-state index in [-0.39, 0.29) is 23.0 Å². The predicted octanol–water partition coefficient (Wildman–Crippen LogP) is 3.66. The summed E-state index contributed by atoms with van der Waals surface area (Å²) < 4.78 is 5.51. The van der Waals surface area contributed by atoms with Crippen LogP contribution in [0.15, 0.2) is 48.0 Å². The van der Waals surface area contributed by atoms with E-state index in [0.717, 1.165) is 5.56 Å². The number of halogens is 1. The summed E-state index contributed by atoms with van der Waals surface area (Å²) in [5.41, 5.74) is 0.996. The number of anilines is 1. The number of nitrogens with one attached hydrogen (secondary N) is 1. The van der Waals surface area contributed by atoms with E-state index >= 15 is 0 Å². The molecule has 0 saturated heterocycles. The predicted molar refractivity (Wildman–Crippen MR) is 86.7 cm³/mol. The van der Waals surface area contributed by atoms with Crippen molar-refractivity contribution in [3.05, 3.63) is 68.7 Å². The molecular weight excluding hydrogens is 320 g/mol. The number of carbonyl (C=O) groups excluding carboxylic acids is 1. The van der Waals surface area contributed by atoms with Crippen LogP contribution < -0.4 is 10.1 Å². The number of amides is 1. The van der Waals surface area contributed by atoms with Gasteiger partial charge < -0.3 is 10.1 Å². The molecule has 3 rings (SSSR count). The Morgan fingerprint density at radius 1 is 1.26 bits per heavy atom. The van der Waals surface area contributed by atoms with E-state index in [1.165, 1.54) is 18.2 Å². The molecular formula is C16H11ClN2O4. The van der Waals surface area contributed by atoms with Crippen LogP contribution in [0.25, 0.3) is 6.08 Å². The van der Waals surface area contributed by atoms with Crippen molar-refractivity contribution in [1.82, 2.24) is 0 Å². The van der Waals surface area contributed by atoms with Crippen LogP contribution in [0.3, 0.4) is 0 Å². The summed E-state index contributed by atoms with van der Waals surface area (Å²) in [7, 11) is 0. The molecule has 1 aliphatic heterocycles. The third-order valence-electron chi connectivity index (χ3n) is 3.33. The third kappa shape index (κ3) is 3.17. The molecule has 0 aliphatic carbocycles. The van der Waals surface area contributed by atoms with Crippen molar-refractivity contribution >= 4 is 35.0 Å². The van der Waals surface area contributed by atoms with Crippen LogP contribution in [-0.2, 0) is 4.79 Å². The number of nitrogens with zero attached hydrogens (tertiary/aromatic N) is 1. The SMILES string of the molecule is O=C(Nc1ccc(Cl)cc1[N+](=O)[O-])C1=Cc2ccccc2OC1. The largest absolute Gasteiger partial charge is 0.488 e. The van der Waals surface area contributed by atoms with Gasteiger partial charge in [-0.05, 0) is 24.3 Å². The molecule has 0 radical (unpaired) electrons. The number of hydrogen-bond acceptors (Lipinski definition) is 4. The Morgan fingerprint density at radius 3 is 2.83 bits per heavy atom. The average Bonchev–Trinajstić information content (AvgIpc) is 2.55. The van der Waals surface area contributed by atoms with Crippen LogP contribution in [0.5, 0.6) is 5.75 Å². The van der Waals surface area contributed by atoms with Gasteiger partial charge in [-0.3, -0.25) is 14.9 Å². The fraction of sp³-hybridized carbons (Fsp3) is 0.0625. The number of benzene rings is 2. The second-order valence-corrected chi connectivity index (χ2v) is 5.31. The van der Waals surface area contributed by atoms with Gasteiger partial charge in [-0.1, -0.05) is 29.8 Å². The van der Waals surface area contributed by atoms with E-state index in [2.05, 4.69) is 5.32 Å². The van der Waals surface area contributed by atoms with Gasteiger partial charge in [-0.15, -0.1) is 0 Å². The zero-order chi connectivity index (χ0) is 16.4. The first-order valence-electron chi connectivity index (χ1n) is 6.72. The average molecular weight is 331 g/mol. The summed E-state index contributed by atoms with van der Waals surface area (Å²) in [6, 6.07) is 11.4. The van der Waals surface area contributed by atoms with E-state index in [4.69, 9.17) is 16.3 Å². The molecule has 1 N–H and O–H groups in total. The molecule has 116 valence electrons. The monoisotopic (exact) mass is 330 g/mol. The number of nitro benzene ring substituents is 1. The van der Waals surface area contributed by atoms with Crippen molar-refractivity contribution in [2.45, 2.75) is 0 Å². The van der Waals surface area contributed by atoms with Gasteiger partial charge in [0.05, 0.1) is 10.5 Å². The number of fused-ring (bicyclic) bond motifs is 1. The second kappa shape index (κ2) is 6.10. The molecule has 0 atom stereocenters. The van der Waals surface area contributed by atoms with Crippen molar-refractivity contribution in [2.75, 3.05) is 11.9 Å². The van der Waals surface area contributed by atoms with Crippen LogP contribution in [0.1, 0.15) is 5.56 Å². The highest BCUT2D eigenvalue weighted by molar-refractivity contribution is 6.31. The topological polar surface area (TPSA) is 81.5 Å². The van der Waals surface area contributed by atoms with E-state index < -0.39 is 10.8 Å². The maximum absolute atomic E-state index is 12.3. The molecule has 0 fully saturated rings. The zero-order valence-electron chi connectivity index (χ0n) is 11.8. The van der Waals surface area contributed by atoms with Crippen LogP contribution in [-0.4, -0.2) is 17.4 Å². The van der Waals surface area contributed by atoms with Gasteiger partial charge >= 0.3 is 0 Å². The highest BCUT2D eigenvalue weighted by atomic mass is 35.5. The minimum absolute atomic E-state index is 0.0872. The molecule has 1 heterocycles. The van der Waals surface area contributed by atoms with E-state index in [1.807, 2.05) is 24.3 Å². The summed E-state index contributed by atoms with van der Waals surface area (Å²) in [6.45, 7) is 0.101. The maximum atomic E-state index is 12.3. The Balaban J connectivity index is 1.86. The highest BCUT2D eigenvalue weighted by Crippen LogP contribution is 2.30. The lowest BCUT2D eigenvalue weighted by atomic mass is 10.1. The molecule has 0 spiro atoms. The molecule has 23 heavy (non-hydrogen) atoms. The van der Waals surface area contributed by atoms with E-state index in [9.17, 15) is 14.9 Å². The first-order chi connectivity index (χ1) is 11.0. The zero-order valence-corrected chi connectivity index (χ0v) is 12.5. The van der Waals surface area contributed by atoms with Crippen molar-refractivity contribution in [3.8, 4) is 5.75 Å². The molecule has 0 bridgehead atoms. The van der Waals surface area contributed by atoms with Gasteiger partial charge in [-0.2, -0.15) is 0 Å². The summed E-state index contributed by atoms with van der Waals surface area (Å²) in [6.07, 6.45) is 1.70. The summed E-state index contributed by atoms with van der Waals surface area (Å²) in [5, 5.41) is 13.8. The van der Waals surface area contributed by atoms with Gasteiger partial charge in [-0.25, -0.2) is 0 Å². The normalized spacial score (nSPS) is 12.7. The van der Waals surface area contributed by atoms with Crippen molar-refractivity contribution in [2.24, 2.45) is 0 Å². The molecule has 2 aromatic rings. The minimum atomic E-state index is -0.595. The van der Waals surface area contributed by atoms with Gasteiger partial charge in [0, 0.05) is 16.7 Å². The lowest BCUT2D eigenvalue weighted by Gasteiger charge is -2.17. The van der Waals surface area contributed by atoms with Gasteiger partial charge in [0.15, 0.2) is 0 Å². The quantitative estimate of drug-likeness (QED) is 0.687. The Hall–Kier alpha value is -2.86. The van der Waals surface area contributed by atoms with E-state index in [1.54, 1.807) is 6.08 Å². The molecule has 2 aromatic carbocycles. The smallest absolute Gasteiger partial charge is 0.294 e. The number of hydrogen-bond donors (Lipinski definition) is 1. The van der Waals surface area contributed by atoms with Gasteiger partial charge in [0.1, 0.15) is 18.0 Å². The van der Waals surface area contributed by atoms with Crippen LogP contribution in [0, 0.1) is 10.1 Å². The standard InChI is InChI=1S/C16H11ClN2O4/c17-12-5-6-13(14(8-12)19(21)22)18-16(20)11-7-10-3-1-2-4-15(10)23-9-11/h1-8H,9H2,(H,18,20). The van der Waals surface area contributed by atoms with Crippen LogP contribution in [0.2, 0.25) is 5.02 Å². The number of para-hydroxylation sites is 1. The van der Waals surface area contributed by atoms with Crippen molar-refractivity contribution in [3.63, 3.8) is 0 Å². The van der Waals surface area contributed by atoms with Crippen molar-refractivity contribution < 1.29 is 14.5 Å². The summed E-state index contributed by atoms with van der Waals surface area (Å²) >= 11 is 5.75. The maximum Gasteiger partial charge on any atom is 0.294 e. The first kappa shape index (κ1) is 15.1. The van der Waals surface area contributed by atoms with Crippen LogP contribution >= 0.6 is 11.6 Å². The second-order valence-electron chi connectivity index (χ2n) is 4.87. The highest BCUT2D eigenvalue weighted by Gasteiger charge is 2.21. The fourth-order valence-electron chi connectivity index (χ4n) is 2.21. The van der Waals surface area contributed by atoms with Gasteiger partial charge in [0.25, 0.3) is 11.6 Å². The Labute approximate surface area is 136 Å². The first-order valence-corrected chi connectivity index (χ1v) is 7.10. The Morgan fingerprint density at radius 2 is 2.04 bits per heavy atom. The molecule has 0 aromatic heterocycles. The molecule has 6 nitrogen and oxygen atoms in total. The molecule has 7 heteroatoms. The summed E-state index contributed by atoms with van der Waals surface area (Å²) in [4.78, 5) is 22.8. The number of carbonyl (C=O) groups is 1. The lowest BCUT2D eigenvalue weighted by Crippen LogP contribution is -2.21. The third-order valence-corrected chi connectivity index (χ3v) is 3.56. The number of ether oxygens (including phenoxy) is 1. The molecule has 1 aliphatic rings. The molecule has 0 saturated carbocycles.